The number of hydrogen-bond donors (Lipinski definition) is 0. The SMILES string of the molecule is O=PN1C=CC=CC=C1. The summed E-state index contributed by atoms with van der Waals surface area (Å²) in [6.07, 6.45) is 10.9. The highest BCUT2D eigenvalue weighted by molar-refractivity contribution is 7.21. The van der Waals surface area contributed by atoms with Crippen LogP contribution in [0.5, 0.6) is 0 Å². The molecule has 0 fully saturated rings. The third-order valence-corrected chi connectivity index (χ3v) is 1.36. The van der Waals surface area contributed by atoms with Gasteiger partial charge in [0.25, 0.3) is 8.61 Å². The van der Waals surface area contributed by atoms with E-state index in [0.717, 1.165) is 0 Å². The largest absolute Gasteiger partial charge is 0.285 e. The average molecular weight is 139 g/mol. The zero-order valence-corrected chi connectivity index (χ0v) is 5.66. The molecule has 1 aliphatic heterocycles. The summed E-state index contributed by atoms with van der Waals surface area (Å²) in [5, 5.41) is 0. The monoisotopic (exact) mass is 139 g/mol. The Morgan fingerprint density at radius 3 is 2.00 bits per heavy atom. The van der Waals surface area contributed by atoms with Crippen LogP contribution < -0.4 is 0 Å². The van der Waals surface area contributed by atoms with Crippen LogP contribution in [0.2, 0.25) is 0 Å². The summed E-state index contributed by atoms with van der Waals surface area (Å²) >= 11 is 0. The molecule has 0 radical (unpaired) electrons. The van der Waals surface area contributed by atoms with E-state index in [0.29, 0.717) is 0 Å². The first kappa shape index (κ1) is 6.24. The zero-order chi connectivity index (χ0) is 6.53. The Labute approximate surface area is 55.4 Å². The zero-order valence-electron chi connectivity index (χ0n) is 4.77. The molecular weight excluding hydrogens is 133 g/mol. The summed E-state index contributed by atoms with van der Waals surface area (Å²) in [5.41, 5.74) is 0. The first-order valence-electron chi connectivity index (χ1n) is 2.57. The van der Waals surface area contributed by atoms with Crippen LogP contribution >= 0.6 is 8.61 Å². The normalized spacial score (nSPS) is 16.7. The van der Waals surface area contributed by atoms with Gasteiger partial charge in [-0.25, -0.2) is 4.57 Å². The van der Waals surface area contributed by atoms with Gasteiger partial charge in [-0.15, -0.1) is 0 Å². The standard InChI is InChI=1S/C6H6NOP/c8-9-7-5-3-1-2-4-6-7/h1-6H. The summed E-state index contributed by atoms with van der Waals surface area (Å²) < 4.78 is 11.7. The second kappa shape index (κ2) is 3.21. The van der Waals surface area contributed by atoms with E-state index >= 15 is 0 Å². The Morgan fingerprint density at radius 2 is 1.56 bits per heavy atom. The van der Waals surface area contributed by atoms with Crippen molar-refractivity contribution in [3.05, 3.63) is 36.7 Å². The minimum absolute atomic E-state index is 0.000525. The van der Waals surface area contributed by atoms with E-state index in [9.17, 15) is 4.57 Å². The summed E-state index contributed by atoms with van der Waals surface area (Å²) in [6, 6.07) is 0. The van der Waals surface area contributed by atoms with Crippen LogP contribution in [0.4, 0.5) is 0 Å². The maximum Gasteiger partial charge on any atom is 0.285 e. The van der Waals surface area contributed by atoms with E-state index in [4.69, 9.17) is 0 Å². The fraction of sp³-hybridized carbons (Fsp3) is 0. The second-order valence-corrected chi connectivity index (χ2v) is 2.15. The molecular formula is C6H6NOP. The molecule has 3 heteroatoms. The van der Waals surface area contributed by atoms with Gasteiger partial charge < -0.3 is 0 Å². The highest BCUT2D eigenvalue weighted by Crippen LogP contribution is 2.08. The lowest BCUT2D eigenvalue weighted by Gasteiger charge is -1.98. The Balaban J connectivity index is 2.69. The summed E-state index contributed by atoms with van der Waals surface area (Å²) in [7, 11) is 0.000525. The Bertz CT molecular complexity index is 167. The van der Waals surface area contributed by atoms with E-state index in [2.05, 4.69) is 0 Å². The third kappa shape index (κ3) is 1.82. The van der Waals surface area contributed by atoms with E-state index in [1.165, 1.54) is 0 Å². The fourth-order valence-corrected chi connectivity index (χ4v) is 0.771. The molecule has 0 saturated heterocycles. The van der Waals surface area contributed by atoms with E-state index in [1.54, 1.807) is 17.1 Å². The van der Waals surface area contributed by atoms with Crippen molar-refractivity contribution in [2.24, 2.45) is 0 Å². The van der Waals surface area contributed by atoms with Gasteiger partial charge in [-0.05, 0) is 12.2 Å². The van der Waals surface area contributed by atoms with Gasteiger partial charge in [0.1, 0.15) is 0 Å². The van der Waals surface area contributed by atoms with E-state index in [-0.39, 0.29) is 8.61 Å². The molecule has 0 N–H and O–H groups in total. The molecule has 0 aromatic heterocycles. The van der Waals surface area contributed by atoms with Crippen molar-refractivity contribution < 1.29 is 4.57 Å². The Kier molecular flexibility index (Phi) is 2.22. The molecule has 2 nitrogen and oxygen atoms in total. The molecule has 46 valence electrons. The molecule has 0 unspecified atom stereocenters. The lowest BCUT2D eigenvalue weighted by Crippen LogP contribution is -1.88. The molecule has 1 rings (SSSR count). The van der Waals surface area contributed by atoms with Crippen LogP contribution in [0, 0.1) is 0 Å². The Morgan fingerprint density at radius 1 is 1.00 bits per heavy atom. The quantitative estimate of drug-likeness (QED) is 0.518. The summed E-state index contributed by atoms with van der Waals surface area (Å²) in [6.45, 7) is 0. The second-order valence-electron chi connectivity index (χ2n) is 1.53. The van der Waals surface area contributed by atoms with Gasteiger partial charge in [-0.2, -0.15) is 0 Å². The molecule has 0 aromatic rings. The topological polar surface area (TPSA) is 20.3 Å². The highest BCUT2D eigenvalue weighted by Gasteiger charge is 1.88. The van der Waals surface area contributed by atoms with Gasteiger partial charge in [0, 0.05) is 12.4 Å². The maximum atomic E-state index is 10.2. The van der Waals surface area contributed by atoms with E-state index in [1.807, 2.05) is 24.3 Å². The number of allylic oxidation sites excluding steroid dienone is 4. The molecule has 0 atom stereocenters. The smallest absolute Gasteiger partial charge is 0.274 e. The first-order valence-corrected chi connectivity index (χ1v) is 3.33. The van der Waals surface area contributed by atoms with Gasteiger partial charge in [0.05, 0.1) is 0 Å². The van der Waals surface area contributed by atoms with Crippen molar-refractivity contribution in [3.63, 3.8) is 0 Å². The van der Waals surface area contributed by atoms with Crippen LogP contribution in [0.25, 0.3) is 0 Å². The van der Waals surface area contributed by atoms with Crippen molar-refractivity contribution in [1.82, 2.24) is 4.67 Å². The Hall–Kier alpha value is -0.880. The molecule has 0 aromatic carbocycles. The van der Waals surface area contributed by atoms with Crippen LogP contribution in [-0.2, 0) is 4.57 Å². The minimum Gasteiger partial charge on any atom is -0.274 e. The lowest BCUT2D eigenvalue weighted by atomic mass is 10.5. The van der Waals surface area contributed by atoms with Gasteiger partial charge in [-0.1, -0.05) is 12.2 Å². The maximum absolute atomic E-state index is 10.2. The van der Waals surface area contributed by atoms with Crippen LogP contribution in [-0.4, -0.2) is 4.67 Å². The third-order valence-electron chi connectivity index (χ3n) is 0.905. The predicted molar refractivity (Wildman–Crippen MR) is 36.9 cm³/mol. The molecule has 0 amide bonds. The molecule has 0 saturated carbocycles. The van der Waals surface area contributed by atoms with Crippen molar-refractivity contribution in [3.8, 4) is 0 Å². The van der Waals surface area contributed by atoms with Gasteiger partial charge >= 0.3 is 0 Å². The molecule has 0 aliphatic carbocycles. The molecule has 9 heavy (non-hydrogen) atoms. The molecule has 1 heterocycles. The van der Waals surface area contributed by atoms with Crippen LogP contribution in [0.3, 0.4) is 0 Å². The number of rotatable bonds is 1. The summed E-state index contributed by atoms with van der Waals surface area (Å²) in [5.74, 6) is 0. The predicted octanol–water partition coefficient (Wildman–Crippen LogP) is 2.09. The van der Waals surface area contributed by atoms with Crippen molar-refractivity contribution in [2.45, 2.75) is 0 Å². The summed E-state index contributed by atoms with van der Waals surface area (Å²) in [4.78, 5) is 0. The van der Waals surface area contributed by atoms with Crippen molar-refractivity contribution >= 4 is 8.61 Å². The van der Waals surface area contributed by atoms with E-state index < -0.39 is 0 Å². The molecule has 0 bridgehead atoms. The highest BCUT2D eigenvalue weighted by atomic mass is 31.1. The number of nitrogens with zero attached hydrogens (tertiary/aromatic N) is 1. The molecule has 0 spiro atoms. The lowest BCUT2D eigenvalue weighted by molar-refractivity contribution is 0.575. The van der Waals surface area contributed by atoms with Gasteiger partial charge in [0.2, 0.25) is 0 Å². The van der Waals surface area contributed by atoms with Crippen LogP contribution in [0.15, 0.2) is 36.7 Å². The van der Waals surface area contributed by atoms with Crippen molar-refractivity contribution in [1.29, 1.82) is 0 Å². The van der Waals surface area contributed by atoms with Crippen molar-refractivity contribution in [2.75, 3.05) is 0 Å². The average Bonchev–Trinajstić information content (AvgIpc) is 2.13. The van der Waals surface area contributed by atoms with Gasteiger partial charge in [-0.3, -0.25) is 4.67 Å². The number of hydrogen-bond acceptors (Lipinski definition) is 1. The first-order chi connectivity index (χ1) is 4.43. The minimum atomic E-state index is 0.000525. The van der Waals surface area contributed by atoms with Crippen LogP contribution in [0.1, 0.15) is 0 Å². The molecule has 1 aliphatic rings. The van der Waals surface area contributed by atoms with Gasteiger partial charge in [0.15, 0.2) is 0 Å². The fourth-order valence-electron chi connectivity index (χ4n) is 0.508.